The molecule has 29 heavy (non-hydrogen) atoms. The first-order chi connectivity index (χ1) is 13.8. The third-order valence-corrected chi connectivity index (χ3v) is 6.21. The molecule has 0 aliphatic heterocycles. The molecule has 0 unspecified atom stereocenters. The van der Waals surface area contributed by atoms with E-state index in [1.807, 2.05) is 30.3 Å². The normalized spacial score (nSPS) is 11.8. The molecule has 0 N–H and O–H groups in total. The van der Waals surface area contributed by atoms with Gasteiger partial charge in [0.05, 0.1) is 16.1 Å². The van der Waals surface area contributed by atoms with Crippen molar-refractivity contribution in [2.75, 3.05) is 6.26 Å². The Balaban J connectivity index is 2.05. The average molecular weight is 407 g/mol. The summed E-state index contributed by atoms with van der Waals surface area (Å²) in [5.41, 5.74) is 4.16. The molecule has 4 aromatic rings. The van der Waals surface area contributed by atoms with Gasteiger partial charge in [0.15, 0.2) is 9.84 Å². The maximum Gasteiger partial charge on any atom is 0.253 e. The molecule has 0 atom stereocenters. The van der Waals surface area contributed by atoms with E-state index in [1.54, 1.807) is 49.3 Å². The highest BCUT2D eigenvalue weighted by molar-refractivity contribution is 7.91. The number of hydrogen-bond acceptors (Lipinski definition) is 4. The molecule has 0 spiro atoms. The van der Waals surface area contributed by atoms with Crippen LogP contribution >= 0.6 is 0 Å². The number of aromatic nitrogens is 3. The first kappa shape index (κ1) is 19.1. The van der Waals surface area contributed by atoms with Crippen molar-refractivity contribution < 1.29 is 8.42 Å². The summed E-state index contributed by atoms with van der Waals surface area (Å²) in [6, 6.07) is 12.9. The zero-order chi connectivity index (χ0) is 20.8. The number of nitrogens with zero attached hydrogens (tertiary/aromatic N) is 3. The lowest BCUT2D eigenvalue weighted by molar-refractivity contribution is 0.602. The number of sulfone groups is 1. The lowest BCUT2D eigenvalue weighted by Crippen LogP contribution is -2.18. The van der Waals surface area contributed by atoms with Gasteiger partial charge in [0, 0.05) is 55.0 Å². The predicted octanol–water partition coefficient (Wildman–Crippen LogP) is 3.16. The quantitative estimate of drug-likeness (QED) is 0.521. The number of benzene rings is 1. The van der Waals surface area contributed by atoms with Gasteiger partial charge < -0.3 is 9.13 Å². The Morgan fingerprint density at radius 1 is 1.07 bits per heavy atom. The molecule has 0 amide bonds. The average Bonchev–Trinajstić information content (AvgIpc) is 3.04. The number of pyridine rings is 2. The smallest absolute Gasteiger partial charge is 0.253 e. The van der Waals surface area contributed by atoms with Crippen LogP contribution in [0.2, 0.25) is 0 Å². The molecule has 0 saturated carbocycles. The summed E-state index contributed by atoms with van der Waals surface area (Å²) in [6.45, 7) is 2.33. The van der Waals surface area contributed by atoms with Crippen LogP contribution in [-0.4, -0.2) is 28.8 Å². The van der Waals surface area contributed by atoms with E-state index >= 15 is 0 Å². The lowest BCUT2D eigenvalue weighted by atomic mass is 10.1. The highest BCUT2D eigenvalue weighted by Crippen LogP contribution is 2.33. The topological polar surface area (TPSA) is 74.0 Å². The van der Waals surface area contributed by atoms with Crippen LogP contribution in [0.5, 0.6) is 0 Å². The number of fused-ring (bicyclic) bond motifs is 1. The fourth-order valence-electron chi connectivity index (χ4n) is 3.68. The minimum Gasteiger partial charge on any atom is -0.336 e. The van der Waals surface area contributed by atoms with Gasteiger partial charge in [-0.1, -0.05) is 6.07 Å². The Labute approximate surface area is 169 Å². The van der Waals surface area contributed by atoms with Crippen molar-refractivity contribution in [3.05, 3.63) is 82.5 Å². The maximum atomic E-state index is 12.4. The van der Waals surface area contributed by atoms with Gasteiger partial charge in [-0.3, -0.25) is 9.78 Å². The van der Waals surface area contributed by atoms with Crippen molar-refractivity contribution in [2.24, 2.45) is 7.05 Å². The second kappa shape index (κ2) is 7.00. The first-order valence-corrected chi connectivity index (χ1v) is 11.0. The van der Waals surface area contributed by atoms with Crippen LogP contribution in [0.4, 0.5) is 0 Å². The van der Waals surface area contributed by atoms with Crippen LogP contribution in [0.3, 0.4) is 0 Å². The summed E-state index contributed by atoms with van der Waals surface area (Å²) in [7, 11) is -1.67. The molecule has 7 heteroatoms. The lowest BCUT2D eigenvalue weighted by Gasteiger charge is -2.13. The highest BCUT2D eigenvalue weighted by Gasteiger charge is 2.19. The highest BCUT2D eigenvalue weighted by atomic mass is 32.2. The minimum absolute atomic E-state index is 0.0534. The van der Waals surface area contributed by atoms with E-state index in [-0.39, 0.29) is 5.56 Å². The Morgan fingerprint density at radius 3 is 2.45 bits per heavy atom. The number of aryl methyl sites for hydroxylation is 2. The van der Waals surface area contributed by atoms with Crippen LogP contribution in [0.1, 0.15) is 11.1 Å². The second-order valence-corrected chi connectivity index (χ2v) is 9.24. The van der Waals surface area contributed by atoms with E-state index in [0.29, 0.717) is 22.4 Å². The van der Waals surface area contributed by atoms with Gasteiger partial charge in [-0.15, -0.1) is 0 Å². The molecule has 148 valence electrons. The van der Waals surface area contributed by atoms with Crippen molar-refractivity contribution in [1.29, 1.82) is 0 Å². The molecule has 0 fully saturated rings. The summed E-state index contributed by atoms with van der Waals surface area (Å²) in [6.07, 6.45) is 6.47. The van der Waals surface area contributed by atoms with Crippen LogP contribution in [0.15, 0.2) is 70.7 Å². The third-order valence-electron chi connectivity index (χ3n) is 5.05. The second-order valence-electron chi connectivity index (χ2n) is 7.26. The van der Waals surface area contributed by atoms with E-state index in [0.717, 1.165) is 22.3 Å². The molecule has 1 aromatic carbocycles. The summed E-state index contributed by atoms with van der Waals surface area (Å²) < 4.78 is 28.3. The Bertz CT molecular complexity index is 1360. The molecule has 0 aliphatic rings. The van der Waals surface area contributed by atoms with Gasteiger partial charge in [0.25, 0.3) is 5.56 Å². The minimum atomic E-state index is -3.39. The van der Waals surface area contributed by atoms with Crippen molar-refractivity contribution >= 4 is 20.7 Å². The van der Waals surface area contributed by atoms with Gasteiger partial charge in [0.1, 0.15) is 0 Å². The summed E-state index contributed by atoms with van der Waals surface area (Å²) in [4.78, 5) is 16.5. The van der Waals surface area contributed by atoms with Gasteiger partial charge in [-0.25, -0.2) is 8.42 Å². The van der Waals surface area contributed by atoms with Crippen molar-refractivity contribution in [2.45, 2.75) is 18.4 Å². The largest absolute Gasteiger partial charge is 0.336 e. The van der Waals surface area contributed by atoms with Crippen LogP contribution in [-0.2, 0) is 23.4 Å². The SMILES string of the molecule is Cc1cc(-c2cc3c(S(C)(=O)=O)cccc3n2Cc2ccncc2)cn(C)c1=O. The maximum absolute atomic E-state index is 12.4. The Hall–Kier alpha value is -3.19. The molecular weight excluding hydrogens is 386 g/mol. The molecular formula is C22H21N3O3S. The molecule has 6 nitrogen and oxygen atoms in total. The number of rotatable bonds is 4. The van der Waals surface area contributed by atoms with E-state index in [2.05, 4.69) is 9.55 Å². The first-order valence-electron chi connectivity index (χ1n) is 9.14. The summed E-state index contributed by atoms with van der Waals surface area (Å²) in [5.74, 6) is 0. The van der Waals surface area contributed by atoms with Crippen LogP contribution < -0.4 is 5.56 Å². The monoisotopic (exact) mass is 407 g/mol. The van der Waals surface area contributed by atoms with Gasteiger partial charge in [-0.2, -0.15) is 0 Å². The molecule has 0 bridgehead atoms. The van der Waals surface area contributed by atoms with Gasteiger partial charge in [0.2, 0.25) is 0 Å². The standard InChI is InChI=1S/C22H21N3O3S/c1-15-11-17(14-24(2)22(15)26)20-12-18-19(5-4-6-21(18)29(3,27)28)25(20)13-16-7-9-23-10-8-16/h4-12,14H,13H2,1-3H3. The Morgan fingerprint density at radius 2 is 1.79 bits per heavy atom. The molecule has 3 heterocycles. The zero-order valence-corrected chi connectivity index (χ0v) is 17.3. The molecule has 0 saturated heterocycles. The summed E-state index contributed by atoms with van der Waals surface area (Å²) in [5, 5.41) is 0.672. The van der Waals surface area contributed by atoms with Crippen LogP contribution in [0.25, 0.3) is 22.2 Å². The van der Waals surface area contributed by atoms with Crippen molar-refractivity contribution in [1.82, 2.24) is 14.1 Å². The molecule has 0 aliphatic carbocycles. The molecule has 3 aromatic heterocycles. The third kappa shape index (κ3) is 3.49. The zero-order valence-electron chi connectivity index (χ0n) is 16.5. The molecule has 4 rings (SSSR count). The van der Waals surface area contributed by atoms with E-state index in [1.165, 1.54) is 6.26 Å². The van der Waals surface area contributed by atoms with Gasteiger partial charge in [-0.05, 0) is 48.9 Å². The predicted molar refractivity (Wildman–Crippen MR) is 114 cm³/mol. The van der Waals surface area contributed by atoms with E-state index < -0.39 is 9.84 Å². The molecule has 0 radical (unpaired) electrons. The number of hydrogen-bond donors (Lipinski definition) is 0. The fourth-order valence-corrected chi connectivity index (χ4v) is 4.57. The van der Waals surface area contributed by atoms with Crippen molar-refractivity contribution in [3.8, 4) is 11.3 Å². The Kier molecular flexibility index (Phi) is 4.62. The van der Waals surface area contributed by atoms with Crippen LogP contribution in [0, 0.1) is 6.92 Å². The van der Waals surface area contributed by atoms with E-state index in [9.17, 15) is 13.2 Å². The van der Waals surface area contributed by atoms with E-state index in [4.69, 9.17) is 0 Å². The fraction of sp³-hybridized carbons (Fsp3) is 0.182. The van der Waals surface area contributed by atoms with Crippen molar-refractivity contribution in [3.63, 3.8) is 0 Å². The van der Waals surface area contributed by atoms with Gasteiger partial charge >= 0.3 is 0 Å². The summed E-state index contributed by atoms with van der Waals surface area (Å²) >= 11 is 0.